The molecule has 1 aliphatic carbocycles. The summed E-state index contributed by atoms with van der Waals surface area (Å²) in [6.07, 6.45) is 2.28. The number of hydrogen-bond donors (Lipinski definition) is 2. The molecule has 23 heavy (non-hydrogen) atoms. The van der Waals surface area contributed by atoms with E-state index in [0.717, 1.165) is 24.6 Å². The van der Waals surface area contributed by atoms with Crippen LogP contribution in [0.2, 0.25) is 0 Å². The summed E-state index contributed by atoms with van der Waals surface area (Å²) in [6.45, 7) is 2.29. The van der Waals surface area contributed by atoms with E-state index in [0.29, 0.717) is 18.1 Å². The molecule has 5 nitrogen and oxygen atoms in total. The van der Waals surface area contributed by atoms with Crippen molar-refractivity contribution < 1.29 is 23.8 Å². The molecule has 0 aromatic heterocycles. The Labute approximate surface area is 138 Å². The number of thioether (sulfide) groups is 1. The van der Waals surface area contributed by atoms with Crippen molar-refractivity contribution >= 4 is 23.6 Å². The molecule has 0 heterocycles. The number of carboxylic acid groups (broad SMARTS) is 1. The quantitative estimate of drug-likeness (QED) is 0.722. The summed E-state index contributed by atoms with van der Waals surface area (Å²) in [5.41, 5.74) is 0.637. The predicted molar refractivity (Wildman–Crippen MR) is 86.1 cm³/mol. The fraction of sp³-hybridized carbons (Fsp3) is 0.500. The largest absolute Gasteiger partial charge is 0.490 e. The zero-order valence-corrected chi connectivity index (χ0v) is 13.7. The van der Waals surface area contributed by atoms with Crippen molar-refractivity contribution in [3.8, 4) is 5.75 Å². The summed E-state index contributed by atoms with van der Waals surface area (Å²) < 4.78 is 19.4. The van der Waals surface area contributed by atoms with Crippen molar-refractivity contribution in [1.82, 2.24) is 5.32 Å². The predicted octanol–water partition coefficient (Wildman–Crippen LogP) is 2.61. The number of amides is 1. The third kappa shape index (κ3) is 6.09. The van der Waals surface area contributed by atoms with Crippen LogP contribution in [0.15, 0.2) is 18.2 Å². The Hall–Kier alpha value is -1.76. The molecule has 1 atom stereocenters. The van der Waals surface area contributed by atoms with E-state index in [1.807, 2.05) is 0 Å². The Morgan fingerprint density at radius 2 is 2.17 bits per heavy atom. The van der Waals surface area contributed by atoms with Gasteiger partial charge < -0.3 is 15.2 Å². The molecular weight excluding hydrogens is 321 g/mol. The maximum Gasteiger partial charge on any atom is 0.313 e. The zero-order valence-electron chi connectivity index (χ0n) is 12.9. The first kappa shape index (κ1) is 17.6. The molecule has 1 aromatic rings. The molecular formula is C16H20FNO4S. The number of carbonyl (C=O) groups excluding carboxylic acids is 1. The minimum Gasteiger partial charge on any atom is -0.490 e. The Morgan fingerprint density at radius 1 is 1.43 bits per heavy atom. The number of ether oxygens (including phenoxy) is 1. The highest BCUT2D eigenvalue weighted by molar-refractivity contribution is 8.00. The molecule has 1 amide bonds. The molecule has 0 aliphatic heterocycles. The highest BCUT2D eigenvalue weighted by Crippen LogP contribution is 2.30. The Bertz CT molecular complexity index is 577. The number of benzene rings is 1. The van der Waals surface area contributed by atoms with Crippen LogP contribution in [0.3, 0.4) is 0 Å². The third-order valence-corrected chi connectivity index (χ3v) is 4.38. The van der Waals surface area contributed by atoms with Crippen molar-refractivity contribution in [2.24, 2.45) is 5.92 Å². The first-order chi connectivity index (χ1) is 11.0. The van der Waals surface area contributed by atoms with Gasteiger partial charge in [-0.25, -0.2) is 4.39 Å². The molecule has 1 saturated carbocycles. The summed E-state index contributed by atoms with van der Waals surface area (Å²) >= 11 is 1.02. The number of carbonyl (C=O) groups is 2. The third-order valence-electron chi connectivity index (χ3n) is 3.46. The van der Waals surface area contributed by atoms with Gasteiger partial charge in [0.1, 0.15) is 0 Å². The van der Waals surface area contributed by atoms with Crippen LogP contribution < -0.4 is 10.1 Å². The van der Waals surface area contributed by atoms with Crippen LogP contribution in [0.5, 0.6) is 5.75 Å². The second-order valence-corrected chi connectivity index (χ2v) is 6.61. The van der Waals surface area contributed by atoms with Crippen LogP contribution in [0, 0.1) is 11.7 Å². The number of carboxylic acids is 1. The standard InChI is InChI=1S/C16H20FNO4S/c1-10(18-15(19)8-23-9-16(20)21)12-4-5-14(13(17)6-12)22-7-11-2-3-11/h4-6,10-11H,2-3,7-9H2,1H3,(H,18,19)(H,20,21). The molecule has 1 unspecified atom stereocenters. The average molecular weight is 341 g/mol. The van der Waals surface area contributed by atoms with Crippen LogP contribution in [-0.2, 0) is 9.59 Å². The molecule has 1 aromatic carbocycles. The number of halogens is 1. The summed E-state index contributed by atoms with van der Waals surface area (Å²) in [7, 11) is 0. The second-order valence-electron chi connectivity index (χ2n) is 5.62. The van der Waals surface area contributed by atoms with Gasteiger partial charge in [-0.05, 0) is 43.4 Å². The maximum atomic E-state index is 14.0. The number of aliphatic carboxylic acids is 1. The van der Waals surface area contributed by atoms with Gasteiger partial charge in [-0.3, -0.25) is 9.59 Å². The molecule has 1 aliphatic rings. The Balaban J connectivity index is 1.83. The van der Waals surface area contributed by atoms with Gasteiger partial charge in [0.25, 0.3) is 0 Å². The second kappa shape index (κ2) is 8.19. The lowest BCUT2D eigenvalue weighted by Crippen LogP contribution is -2.28. The Kier molecular flexibility index (Phi) is 6.27. The first-order valence-electron chi connectivity index (χ1n) is 7.47. The topological polar surface area (TPSA) is 75.6 Å². The minimum absolute atomic E-state index is 0.0572. The van der Waals surface area contributed by atoms with E-state index in [2.05, 4.69) is 5.32 Å². The van der Waals surface area contributed by atoms with Gasteiger partial charge in [0.15, 0.2) is 11.6 Å². The van der Waals surface area contributed by atoms with Crippen LogP contribution in [0.4, 0.5) is 4.39 Å². The van der Waals surface area contributed by atoms with Crippen molar-refractivity contribution in [2.75, 3.05) is 18.1 Å². The zero-order chi connectivity index (χ0) is 16.8. The molecule has 126 valence electrons. The summed E-state index contributed by atoms with van der Waals surface area (Å²) in [6, 6.07) is 4.30. The van der Waals surface area contributed by atoms with Gasteiger partial charge in [0.05, 0.1) is 24.2 Å². The monoisotopic (exact) mass is 341 g/mol. The lowest BCUT2D eigenvalue weighted by Gasteiger charge is -2.15. The van der Waals surface area contributed by atoms with E-state index in [-0.39, 0.29) is 29.2 Å². The normalized spacial score (nSPS) is 15.0. The fourth-order valence-corrected chi connectivity index (χ4v) is 2.54. The lowest BCUT2D eigenvalue weighted by molar-refractivity contribution is -0.133. The summed E-state index contributed by atoms with van der Waals surface area (Å²) in [5, 5.41) is 11.2. The van der Waals surface area contributed by atoms with Crippen LogP contribution in [0.1, 0.15) is 31.4 Å². The fourth-order valence-electron chi connectivity index (χ4n) is 1.99. The molecule has 2 N–H and O–H groups in total. The van der Waals surface area contributed by atoms with E-state index >= 15 is 0 Å². The van der Waals surface area contributed by atoms with E-state index in [1.54, 1.807) is 19.1 Å². The number of rotatable bonds is 9. The van der Waals surface area contributed by atoms with E-state index in [4.69, 9.17) is 9.84 Å². The van der Waals surface area contributed by atoms with Crippen LogP contribution in [0.25, 0.3) is 0 Å². The van der Waals surface area contributed by atoms with Gasteiger partial charge in [0.2, 0.25) is 5.91 Å². The van der Waals surface area contributed by atoms with Crippen molar-refractivity contribution in [2.45, 2.75) is 25.8 Å². The SMILES string of the molecule is CC(NC(=O)CSCC(=O)O)c1ccc(OCC2CC2)c(F)c1. The van der Waals surface area contributed by atoms with Gasteiger partial charge in [-0.1, -0.05) is 6.07 Å². The van der Waals surface area contributed by atoms with E-state index < -0.39 is 11.8 Å². The maximum absolute atomic E-state index is 14.0. The lowest BCUT2D eigenvalue weighted by atomic mass is 10.1. The van der Waals surface area contributed by atoms with Gasteiger partial charge in [0, 0.05) is 0 Å². The number of hydrogen-bond acceptors (Lipinski definition) is 4. The van der Waals surface area contributed by atoms with Crippen molar-refractivity contribution in [1.29, 1.82) is 0 Å². The molecule has 2 rings (SSSR count). The van der Waals surface area contributed by atoms with E-state index in [9.17, 15) is 14.0 Å². The highest BCUT2D eigenvalue weighted by Gasteiger charge is 2.22. The first-order valence-corrected chi connectivity index (χ1v) is 8.62. The van der Waals surface area contributed by atoms with Gasteiger partial charge in [-0.15, -0.1) is 11.8 Å². The Morgan fingerprint density at radius 3 is 2.78 bits per heavy atom. The van der Waals surface area contributed by atoms with E-state index in [1.165, 1.54) is 6.07 Å². The number of nitrogens with one attached hydrogen (secondary N) is 1. The van der Waals surface area contributed by atoms with Crippen molar-refractivity contribution in [3.63, 3.8) is 0 Å². The average Bonchev–Trinajstić information content (AvgIpc) is 3.29. The smallest absolute Gasteiger partial charge is 0.313 e. The molecule has 0 radical (unpaired) electrons. The molecule has 1 fully saturated rings. The van der Waals surface area contributed by atoms with Crippen molar-refractivity contribution in [3.05, 3.63) is 29.6 Å². The molecule has 0 spiro atoms. The van der Waals surface area contributed by atoms with Crippen LogP contribution in [-0.4, -0.2) is 35.1 Å². The molecule has 0 saturated heterocycles. The summed E-state index contributed by atoms with van der Waals surface area (Å²) in [5.74, 6) is -0.959. The minimum atomic E-state index is -0.959. The van der Waals surface area contributed by atoms with Gasteiger partial charge >= 0.3 is 5.97 Å². The van der Waals surface area contributed by atoms with Crippen LogP contribution >= 0.6 is 11.8 Å². The molecule has 7 heteroatoms. The summed E-state index contributed by atoms with van der Waals surface area (Å²) in [4.78, 5) is 22.1. The van der Waals surface area contributed by atoms with Gasteiger partial charge in [-0.2, -0.15) is 0 Å². The molecule has 0 bridgehead atoms. The highest BCUT2D eigenvalue weighted by atomic mass is 32.2.